The molecule has 1 saturated heterocycles. The molecule has 5 N–H and O–H groups in total. The van der Waals surface area contributed by atoms with Crippen LogP contribution in [0, 0.1) is 0 Å². The Morgan fingerprint density at radius 2 is 1.62 bits per heavy atom. The number of nitrogens with zero attached hydrogens (tertiary/aromatic N) is 1. The van der Waals surface area contributed by atoms with E-state index in [2.05, 4.69) is 41.7 Å². The number of benzene rings is 2. The Hall–Kier alpha value is -2.19. The van der Waals surface area contributed by atoms with Crippen molar-refractivity contribution in [2.24, 2.45) is 5.73 Å². The van der Waals surface area contributed by atoms with Crippen molar-refractivity contribution < 1.29 is 14.8 Å². The summed E-state index contributed by atoms with van der Waals surface area (Å²) in [5.74, 6) is 0.184. The zero-order chi connectivity index (χ0) is 27.2. The van der Waals surface area contributed by atoms with Gasteiger partial charge in [0.05, 0.1) is 5.94 Å². The van der Waals surface area contributed by atoms with Gasteiger partial charge in [-0.15, -0.1) is 0 Å². The first-order valence-corrected chi connectivity index (χ1v) is 15.3. The zero-order valence-corrected chi connectivity index (χ0v) is 23.4. The minimum Gasteiger partial charge on any atom is -0.426 e. The maximum Gasteiger partial charge on any atom is 0.470 e. The van der Waals surface area contributed by atoms with Gasteiger partial charge in [0.2, 0.25) is 0 Å². The van der Waals surface area contributed by atoms with Gasteiger partial charge >= 0.3 is 7.12 Å². The van der Waals surface area contributed by atoms with Gasteiger partial charge in [-0.05, 0) is 66.0 Å². The van der Waals surface area contributed by atoms with Crippen LogP contribution < -0.4 is 11.1 Å². The molecule has 0 aromatic heterocycles. The predicted octanol–water partition coefficient (Wildman–Crippen LogP) is 4.80. The number of carbonyl (C=O) groups is 1. The highest BCUT2D eigenvalue weighted by molar-refractivity contribution is 6.43. The highest BCUT2D eigenvalue weighted by Gasteiger charge is 2.48. The Morgan fingerprint density at radius 3 is 2.26 bits per heavy atom. The number of nitrogens with one attached hydrogen (secondary N) is 1. The van der Waals surface area contributed by atoms with Crippen LogP contribution in [0.5, 0.6) is 0 Å². The summed E-state index contributed by atoms with van der Waals surface area (Å²) in [6, 6.07) is 14.8. The molecule has 2 fully saturated rings. The molecule has 1 atom stereocenters. The van der Waals surface area contributed by atoms with E-state index in [1.807, 2.05) is 11.0 Å². The number of likely N-dealkylation sites (tertiary alicyclic amines) is 1. The highest BCUT2D eigenvalue weighted by Crippen LogP contribution is 2.44. The standard InChI is InChI=1S/C32H46BN3O3/c34-22-24-10-9-11-26(20-24)25-14-18-36(19-15-25)30(37)27-12-13-29-28(21-27)23-35-31(33(38)39)32(29)16-7-5-3-1-2-4-6-8-17-32/h9-13,20-21,25,31,35,38-39H,1-8,14-19,22-23,34H2. The molecule has 1 amide bonds. The first kappa shape index (κ1) is 28.3. The third-order valence-corrected chi connectivity index (χ3v) is 9.73. The van der Waals surface area contributed by atoms with Crippen LogP contribution >= 0.6 is 0 Å². The third kappa shape index (κ3) is 6.27. The summed E-state index contributed by atoms with van der Waals surface area (Å²) in [6.07, 6.45) is 13.5. The fourth-order valence-electron chi connectivity index (χ4n) is 7.55. The molecule has 7 heteroatoms. The van der Waals surface area contributed by atoms with Crippen molar-refractivity contribution in [1.29, 1.82) is 0 Å². The minimum absolute atomic E-state index is 0.104. The second-order valence-electron chi connectivity index (χ2n) is 12.1. The van der Waals surface area contributed by atoms with Gasteiger partial charge in [0.1, 0.15) is 0 Å². The Bertz CT molecular complexity index is 1100. The van der Waals surface area contributed by atoms with Gasteiger partial charge in [0, 0.05) is 37.2 Å². The van der Waals surface area contributed by atoms with Crippen molar-refractivity contribution in [3.05, 3.63) is 70.3 Å². The van der Waals surface area contributed by atoms with Gasteiger partial charge in [-0.2, -0.15) is 0 Å². The average Bonchev–Trinajstić information content (AvgIpc) is 3.02. The van der Waals surface area contributed by atoms with Crippen LogP contribution in [0.2, 0.25) is 0 Å². The topological polar surface area (TPSA) is 98.8 Å². The maximum absolute atomic E-state index is 13.6. The molecule has 210 valence electrons. The quantitative estimate of drug-likeness (QED) is 0.425. The Kier molecular flexibility index (Phi) is 9.44. The van der Waals surface area contributed by atoms with Crippen molar-refractivity contribution in [2.75, 3.05) is 13.1 Å². The summed E-state index contributed by atoms with van der Waals surface area (Å²) in [7, 11) is -1.41. The lowest BCUT2D eigenvalue weighted by atomic mass is 9.54. The van der Waals surface area contributed by atoms with Gasteiger partial charge in [-0.1, -0.05) is 81.7 Å². The summed E-state index contributed by atoms with van der Waals surface area (Å²) in [5.41, 5.74) is 11.1. The highest BCUT2D eigenvalue weighted by atomic mass is 16.4. The van der Waals surface area contributed by atoms with Gasteiger partial charge in [-0.25, -0.2) is 0 Å². The second kappa shape index (κ2) is 13.0. The van der Waals surface area contributed by atoms with Crippen LogP contribution in [-0.2, 0) is 18.5 Å². The Labute approximate surface area is 234 Å². The lowest BCUT2D eigenvalue weighted by Crippen LogP contribution is -2.60. The summed E-state index contributed by atoms with van der Waals surface area (Å²) >= 11 is 0. The molecule has 1 unspecified atom stereocenters. The van der Waals surface area contributed by atoms with E-state index in [4.69, 9.17) is 5.73 Å². The number of amides is 1. The van der Waals surface area contributed by atoms with Crippen LogP contribution in [0.4, 0.5) is 0 Å². The van der Waals surface area contributed by atoms with Crippen molar-refractivity contribution in [3.63, 3.8) is 0 Å². The SMILES string of the molecule is NCc1cccc(C2CCN(C(=O)c3ccc4c(c3)CNC(B(O)O)C43CCCCCCCCCC3)CC2)c1. The number of carbonyl (C=O) groups excluding carboxylic acids is 1. The smallest absolute Gasteiger partial charge is 0.426 e. The van der Waals surface area contributed by atoms with Gasteiger partial charge in [0.25, 0.3) is 5.91 Å². The molecule has 2 heterocycles. The molecule has 1 aliphatic carbocycles. The summed E-state index contributed by atoms with van der Waals surface area (Å²) in [4.78, 5) is 15.6. The average molecular weight is 532 g/mol. The van der Waals surface area contributed by atoms with E-state index in [0.29, 0.717) is 19.0 Å². The van der Waals surface area contributed by atoms with Crippen LogP contribution in [0.1, 0.15) is 116 Å². The lowest BCUT2D eigenvalue weighted by molar-refractivity contribution is 0.0712. The largest absolute Gasteiger partial charge is 0.470 e. The van der Waals surface area contributed by atoms with Crippen molar-refractivity contribution in [3.8, 4) is 0 Å². The predicted molar refractivity (Wildman–Crippen MR) is 157 cm³/mol. The number of rotatable bonds is 4. The molecule has 3 aliphatic rings. The van der Waals surface area contributed by atoms with Crippen LogP contribution in [0.3, 0.4) is 0 Å². The van der Waals surface area contributed by atoms with Gasteiger partial charge in [-0.3, -0.25) is 4.79 Å². The van der Waals surface area contributed by atoms with Crippen molar-refractivity contribution >= 4 is 13.0 Å². The molecule has 1 spiro atoms. The number of hydrogen-bond acceptors (Lipinski definition) is 5. The number of fused-ring (bicyclic) bond motifs is 2. The van der Waals surface area contributed by atoms with E-state index < -0.39 is 7.12 Å². The zero-order valence-electron chi connectivity index (χ0n) is 23.4. The van der Waals surface area contributed by atoms with Crippen molar-refractivity contribution in [2.45, 2.75) is 107 Å². The third-order valence-electron chi connectivity index (χ3n) is 9.73. The molecule has 1 saturated carbocycles. The molecule has 5 rings (SSSR count). The van der Waals surface area contributed by atoms with Gasteiger partial charge in [0.15, 0.2) is 0 Å². The Balaban J connectivity index is 1.33. The molecule has 0 bridgehead atoms. The molecule has 6 nitrogen and oxygen atoms in total. The first-order chi connectivity index (χ1) is 19.0. The number of piperidine rings is 1. The molecule has 39 heavy (non-hydrogen) atoms. The molecular formula is C32H46BN3O3. The number of nitrogens with two attached hydrogens (primary N) is 1. The van der Waals surface area contributed by atoms with E-state index in [0.717, 1.165) is 68.3 Å². The van der Waals surface area contributed by atoms with Crippen LogP contribution in [0.25, 0.3) is 0 Å². The van der Waals surface area contributed by atoms with E-state index in [9.17, 15) is 14.8 Å². The summed E-state index contributed by atoms with van der Waals surface area (Å²) < 4.78 is 0. The monoisotopic (exact) mass is 531 g/mol. The van der Waals surface area contributed by atoms with E-state index in [1.54, 1.807) is 0 Å². The van der Waals surface area contributed by atoms with Crippen LogP contribution in [0.15, 0.2) is 42.5 Å². The summed E-state index contributed by atoms with van der Waals surface area (Å²) in [6.45, 7) is 2.63. The summed E-state index contributed by atoms with van der Waals surface area (Å²) in [5, 5.41) is 24.4. The molecule has 2 aromatic rings. The van der Waals surface area contributed by atoms with E-state index in [1.165, 1.54) is 49.7 Å². The molecular weight excluding hydrogens is 485 g/mol. The van der Waals surface area contributed by atoms with E-state index in [-0.39, 0.29) is 17.3 Å². The first-order valence-electron chi connectivity index (χ1n) is 15.3. The van der Waals surface area contributed by atoms with E-state index >= 15 is 0 Å². The fourth-order valence-corrected chi connectivity index (χ4v) is 7.55. The van der Waals surface area contributed by atoms with Crippen LogP contribution in [-0.4, -0.2) is 47.0 Å². The Morgan fingerprint density at radius 1 is 0.949 bits per heavy atom. The molecule has 2 aromatic carbocycles. The second-order valence-corrected chi connectivity index (χ2v) is 12.1. The maximum atomic E-state index is 13.6. The number of hydrogen-bond donors (Lipinski definition) is 4. The van der Waals surface area contributed by atoms with Gasteiger partial charge < -0.3 is 26.0 Å². The minimum atomic E-state index is -1.41. The fraction of sp³-hybridized carbons (Fsp3) is 0.594. The molecule has 0 radical (unpaired) electrons. The normalized spacial score (nSPS) is 22.6. The lowest BCUT2D eigenvalue weighted by Gasteiger charge is -2.46. The molecule has 2 aliphatic heterocycles. The van der Waals surface area contributed by atoms with Crippen molar-refractivity contribution in [1.82, 2.24) is 10.2 Å².